The third-order valence-corrected chi connectivity index (χ3v) is 5.97. The molecule has 0 amide bonds. The Morgan fingerprint density at radius 2 is 2.00 bits per heavy atom. The summed E-state index contributed by atoms with van der Waals surface area (Å²) >= 11 is 2.05. The lowest BCUT2D eigenvalue weighted by Crippen LogP contribution is -2.33. The molecule has 2 atom stereocenters. The fraction of sp³-hybridized carbons (Fsp3) is 0.562. The Kier molecular flexibility index (Phi) is 4.01. The van der Waals surface area contributed by atoms with Gasteiger partial charge in [0.1, 0.15) is 0 Å². The molecule has 1 aromatic carbocycles. The van der Waals surface area contributed by atoms with Gasteiger partial charge in [0.15, 0.2) is 17.3 Å². The molecule has 2 heterocycles. The van der Waals surface area contributed by atoms with Gasteiger partial charge in [-0.1, -0.05) is 12.5 Å². The quantitative estimate of drug-likeness (QED) is 0.786. The van der Waals surface area contributed by atoms with Gasteiger partial charge in [-0.3, -0.25) is 4.79 Å². The molecule has 2 aliphatic rings. The van der Waals surface area contributed by atoms with Gasteiger partial charge in [0.25, 0.3) is 0 Å². The van der Waals surface area contributed by atoms with Gasteiger partial charge in [0.05, 0.1) is 12.7 Å². The number of rotatable bonds is 3. The molecule has 2 nitrogen and oxygen atoms in total. The Bertz CT molecular complexity index is 505. The SMILES string of the molecule is COc1c(F)cccc1C(=O)C1CC2CCCC(C1)S2. The van der Waals surface area contributed by atoms with Crippen molar-refractivity contribution in [3.05, 3.63) is 29.6 Å². The second-order valence-electron chi connectivity index (χ2n) is 5.66. The van der Waals surface area contributed by atoms with E-state index in [1.807, 2.05) is 11.8 Å². The van der Waals surface area contributed by atoms with Crippen LogP contribution in [0.2, 0.25) is 0 Å². The van der Waals surface area contributed by atoms with E-state index < -0.39 is 5.82 Å². The van der Waals surface area contributed by atoms with Gasteiger partial charge in [-0.15, -0.1) is 0 Å². The highest BCUT2D eigenvalue weighted by atomic mass is 32.2. The highest BCUT2D eigenvalue weighted by Gasteiger charge is 2.36. The smallest absolute Gasteiger partial charge is 0.169 e. The van der Waals surface area contributed by atoms with Crippen molar-refractivity contribution in [2.45, 2.75) is 42.6 Å². The highest BCUT2D eigenvalue weighted by molar-refractivity contribution is 8.00. The van der Waals surface area contributed by atoms with Crippen LogP contribution in [0.5, 0.6) is 5.75 Å². The number of Topliss-reactive ketones (excluding diaryl/α,β-unsaturated/α-hetero) is 1. The number of fused-ring (bicyclic) bond motifs is 2. The topological polar surface area (TPSA) is 26.3 Å². The summed E-state index contributed by atoms with van der Waals surface area (Å²) in [5.41, 5.74) is 0.405. The zero-order valence-corrected chi connectivity index (χ0v) is 12.4. The summed E-state index contributed by atoms with van der Waals surface area (Å²) in [6.45, 7) is 0. The molecule has 0 aromatic heterocycles. The molecular weight excluding hydrogens is 275 g/mol. The molecule has 2 fully saturated rings. The van der Waals surface area contributed by atoms with Crippen LogP contribution in [0.3, 0.4) is 0 Å². The Morgan fingerprint density at radius 3 is 2.65 bits per heavy atom. The molecule has 0 N–H and O–H groups in total. The number of methoxy groups -OCH3 is 1. The van der Waals surface area contributed by atoms with Crippen molar-refractivity contribution >= 4 is 17.5 Å². The number of ketones is 1. The lowest BCUT2D eigenvalue weighted by molar-refractivity contribution is 0.0892. The van der Waals surface area contributed by atoms with Crippen LogP contribution in [0.4, 0.5) is 4.39 Å². The number of para-hydroxylation sites is 1. The van der Waals surface area contributed by atoms with Gasteiger partial charge in [-0.25, -0.2) is 4.39 Å². The fourth-order valence-electron chi connectivity index (χ4n) is 3.40. The maximum absolute atomic E-state index is 13.7. The molecule has 4 heteroatoms. The molecule has 0 aliphatic carbocycles. The van der Waals surface area contributed by atoms with E-state index >= 15 is 0 Å². The summed E-state index contributed by atoms with van der Waals surface area (Å²) in [5.74, 6) is -0.273. The summed E-state index contributed by atoms with van der Waals surface area (Å²) in [7, 11) is 1.42. The van der Waals surface area contributed by atoms with Crippen LogP contribution in [-0.4, -0.2) is 23.4 Å². The lowest BCUT2D eigenvalue weighted by Gasteiger charge is -2.38. The van der Waals surface area contributed by atoms with Crippen LogP contribution in [0.25, 0.3) is 0 Å². The number of halogens is 1. The molecule has 2 bridgehead atoms. The van der Waals surface area contributed by atoms with Gasteiger partial charge < -0.3 is 4.74 Å². The van der Waals surface area contributed by atoms with Gasteiger partial charge in [0, 0.05) is 16.4 Å². The number of hydrogen-bond donors (Lipinski definition) is 0. The average molecular weight is 294 g/mol. The second kappa shape index (κ2) is 5.76. The van der Waals surface area contributed by atoms with E-state index in [1.54, 1.807) is 12.1 Å². The Labute approximate surface area is 123 Å². The second-order valence-corrected chi connectivity index (χ2v) is 7.27. The summed E-state index contributed by atoms with van der Waals surface area (Å²) < 4.78 is 18.8. The first-order valence-corrected chi connectivity index (χ1v) is 8.15. The molecule has 2 aliphatic heterocycles. The van der Waals surface area contributed by atoms with Crippen molar-refractivity contribution in [2.75, 3.05) is 7.11 Å². The molecule has 0 saturated carbocycles. The van der Waals surface area contributed by atoms with Crippen molar-refractivity contribution in [2.24, 2.45) is 5.92 Å². The first-order valence-electron chi connectivity index (χ1n) is 7.21. The van der Waals surface area contributed by atoms with Crippen LogP contribution in [0.15, 0.2) is 18.2 Å². The van der Waals surface area contributed by atoms with Crippen molar-refractivity contribution in [1.29, 1.82) is 0 Å². The summed E-state index contributed by atoms with van der Waals surface area (Å²) in [6, 6.07) is 4.60. The fourth-order valence-corrected chi connectivity index (χ4v) is 5.24. The molecule has 3 rings (SSSR count). The molecule has 108 valence electrons. The minimum atomic E-state index is -0.455. The highest BCUT2D eigenvalue weighted by Crippen LogP contribution is 2.45. The zero-order chi connectivity index (χ0) is 14.1. The monoisotopic (exact) mass is 294 g/mol. The Balaban J connectivity index is 1.84. The third kappa shape index (κ3) is 2.58. The van der Waals surface area contributed by atoms with Crippen molar-refractivity contribution in [3.63, 3.8) is 0 Å². The first kappa shape index (κ1) is 13.9. The zero-order valence-electron chi connectivity index (χ0n) is 11.6. The first-order chi connectivity index (χ1) is 9.69. The van der Waals surface area contributed by atoms with Crippen LogP contribution in [0, 0.1) is 11.7 Å². The summed E-state index contributed by atoms with van der Waals surface area (Å²) in [6.07, 6.45) is 5.57. The minimum Gasteiger partial charge on any atom is -0.493 e. The molecule has 2 unspecified atom stereocenters. The maximum Gasteiger partial charge on any atom is 0.169 e. The third-order valence-electron chi connectivity index (χ3n) is 4.34. The molecular formula is C16H19FO2S. The van der Waals surface area contributed by atoms with Gasteiger partial charge in [-0.2, -0.15) is 11.8 Å². The Morgan fingerprint density at radius 1 is 1.30 bits per heavy atom. The number of benzene rings is 1. The normalized spacial score (nSPS) is 29.0. The van der Waals surface area contributed by atoms with E-state index in [9.17, 15) is 9.18 Å². The molecule has 2 saturated heterocycles. The maximum atomic E-state index is 13.7. The predicted molar refractivity (Wildman–Crippen MR) is 79.0 cm³/mol. The molecule has 1 aromatic rings. The lowest BCUT2D eigenvalue weighted by atomic mass is 9.84. The number of carbonyl (C=O) groups is 1. The number of thioether (sulfide) groups is 1. The van der Waals surface area contributed by atoms with Crippen molar-refractivity contribution < 1.29 is 13.9 Å². The van der Waals surface area contributed by atoms with Crippen LogP contribution < -0.4 is 4.74 Å². The minimum absolute atomic E-state index is 0.0299. The van der Waals surface area contributed by atoms with E-state index in [4.69, 9.17) is 4.74 Å². The van der Waals surface area contributed by atoms with Crippen molar-refractivity contribution in [1.82, 2.24) is 0 Å². The van der Waals surface area contributed by atoms with Gasteiger partial charge in [0.2, 0.25) is 0 Å². The van der Waals surface area contributed by atoms with Crippen LogP contribution in [0.1, 0.15) is 42.5 Å². The van der Waals surface area contributed by atoms with E-state index in [-0.39, 0.29) is 17.5 Å². The molecule has 0 radical (unpaired) electrons. The number of ether oxygens (including phenoxy) is 1. The van der Waals surface area contributed by atoms with Gasteiger partial charge in [-0.05, 0) is 37.8 Å². The average Bonchev–Trinajstić information content (AvgIpc) is 2.45. The standard InChI is InChI=1S/C16H19FO2S/c1-19-16-13(6-3-7-14(16)17)15(18)10-8-11-4-2-5-12(9-10)20-11/h3,6-7,10-12H,2,4-5,8-9H2,1H3. The summed E-state index contributed by atoms with van der Waals surface area (Å²) in [5, 5.41) is 1.21. The van der Waals surface area contributed by atoms with Gasteiger partial charge >= 0.3 is 0 Å². The number of hydrogen-bond acceptors (Lipinski definition) is 3. The summed E-state index contributed by atoms with van der Waals surface area (Å²) in [4.78, 5) is 12.7. The van der Waals surface area contributed by atoms with E-state index in [1.165, 1.54) is 32.4 Å². The predicted octanol–water partition coefficient (Wildman–Crippen LogP) is 4.08. The number of carbonyl (C=O) groups excluding carboxylic acids is 1. The largest absolute Gasteiger partial charge is 0.493 e. The van der Waals surface area contributed by atoms with Crippen LogP contribution in [-0.2, 0) is 0 Å². The van der Waals surface area contributed by atoms with E-state index in [0.29, 0.717) is 16.1 Å². The Hall–Kier alpha value is -1.03. The molecule has 20 heavy (non-hydrogen) atoms. The van der Waals surface area contributed by atoms with Crippen molar-refractivity contribution in [3.8, 4) is 5.75 Å². The van der Waals surface area contributed by atoms with E-state index in [0.717, 1.165) is 12.8 Å². The van der Waals surface area contributed by atoms with E-state index in [2.05, 4.69) is 0 Å². The van der Waals surface area contributed by atoms with Crippen LogP contribution >= 0.6 is 11.8 Å². The molecule has 0 spiro atoms.